The summed E-state index contributed by atoms with van der Waals surface area (Å²) in [5, 5.41) is 2.91. The summed E-state index contributed by atoms with van der Waals surface area (Å²) in [5.41, 5.74) is 9.80. The third kappa shape index (κ3) is 3.15. The number of hydrogen-bond acceptors (Lipinski definition) is 2. The minimum atomic E-state index is -0.146. The van der Waals surface area contributed by atoms with Crippen LogP contribution in [0.15, 0.2) is 40.9 Å². The van der Waals surface area contributed by atoms with Crippen LogP contribution in [-0.2, 0) is 0 Å². The average Bonchev–Trinajstić information content (AvgIpc) is 2.34. The highest BCUT2D eigenvalue weighted by molar-refractivity contribution is 9.10. The van der Waals surface area contributed by atoms with Crippen LogP contribution >= 0.6 is 15.9 Å². The summed E-state index contributed by atoms with van der Waals surface area (Å²) < 4.78 is 0.883. The molecule has 0 saturated heterocycles. The highest BCUT2D eigenvalue weighted by Crippen LogP contribution is 2.28. The van der Waals surface area contributed by atoms with Crippen molar-refractivity contribution in [1.82, 2.24) is 0 Å². The molecule has 0 bridgehead atoms. The smallest absolute Gasteiger partial charge is 0.255 e. The zero-order valence-corrected chi connectivity index (χ0v) is 12.4. The Balaban J connectivity index is 2.26. The molecule has 3 nitrogen and oxygen atoms in total. The Morgan fingerprint density at radius 3 is 2.37 bits per heavy atom. The number of carbonyl (C=O) groups is 1. The highest BCUT2D eigenvalue weighted by Gasteiger charge is 2.10. The Morgan fingerprint density at radius 2 is 1.79 bits per heavy atom. The highest BCUT2D eigenvalue weighted by atomic mass is 79.9. The maximum atomic E-state index is 12.1. The van der Waals surface area contributed by atoms with E-state index >= 15 is 0 Å². The van der Waals surface area contributed by atoms with Crippen molar-refractivity contribution in [2.24, 2.45) is 0 Å². The van der Waals surface area contributed by atoms with Gasteiger partial charge in [0.15, 0.2) is 0 Å². The molecule has 2 rings (SSSR count). The summed E-state index contributed by atoms with van der Waals surface area (Å²) in [4.78, 5) is 12.1. The van der Waals surface area contributed by atoms with Crippen LogP contribution in [0.25, 0.3) is 0 Å². The van der Waals surface area contributed by atoms with E-state index in [0.29, 0.717) is 11.3 Å². The zero-order chi connectivity index (χ0) is 14.0. The van der Waals surface area contributed by atoms with Gasteiger partial charge in [0.25, 0.3) is 5.91 Å². The Bertz CT molecular complexity index is 598. The summed E-state index contributed by atoms with van der Waals surface area (Å²) in [6.45, 7) is 3.99. The number of amides is 1. The lowest BCUT2D eigenvalue weighted by Gasteiger charge is -2.12. The molecular formula is C15H15BrN2O. The maximum absolute atomic E-state index is 12.1. The Hall–Kier alpha value is -1.81. The van der Waals surface area contributed by atoms with E-state index in [1.807, 2.05) is 26.0 Å². The van der Waals surface area contributed by atoms with Crippen molar-refractivity contribution in [3.8, 4) is 0 Å². The van der Waals surface area contributed by atoms with Gasteiger partial charge in [-0.05, 0) is 71.2 Å². The first-order valence-corrected chi connectivity index (χ1v) is 6.70. The fraction of sp³-hybridized carbons (Fsp3) is 0.133. The number of nitrogen functional groups attached to an aromatic ring is 1. The van der Waals surface area contributed by atoms with E-state index in [0.717, 1.165) is 21.3 Å². The molecule has 19 heavy (non-hydrogen) atoms. The monoisotopic (exact) mass is 318 g/mol. The number of hydrogen-bond donors (Lipinski definition) is 2. The molecule has 0 fully saturated rings. The number of rotatable bonds is 2. The topological polar surface area (TPSA) is 55.1 Å². The van der Waals surface area contributed by atoms with Gasteiger partial charge in [-0.2, -0.15) is 0 Å². The predicted octanol–water partition coefficient (Wildman–Crippen LogP) is 3.90. The van der Waals surface area contributed by atoms with Crippen molar-refractivity contribution in [3.63, 3.8) is 0 Å². The van der Waals surface area contributed by atoms with E-state index in [1.54, 1.807) is 24.3 Å². The van der Waals surface area contributed by atoms with Crippen molar-refractivity contribution in [1.29, 1.82) is 0 Å². The Labute approximate surface area is 121 Å². The maximum Gasteiger partial charge on any atom is 0.255 e. The third-order valence-electron chi connectivity index (χ3n) is 2.84. The molecule has 0 unspecified atom stereocenters. The third-order valence-corrected chi connectivity index (χ3v) is 3.47. The zero-order valence-electron chi connectivity index (χ0n) is 10.8. The van der Waals surface area contributed by atoms with Crippen molar-refractivity contribution < 1.29 is 4.79 Å². The molecule has 2 aromatic rings. The van der Waals surface area contributed by atoms with E-state index in [-0.39, 0.29) is 5.91 Å². The minimum Gasteiger partial charge on any atom is -0.399 e. The van der Waals surface area contributed by atoms with Crippen molar-refractivity contribution >= 4 is 33.2 Å². The molecule has 0 spiro atoms. The summed E-state index contributed by atoms with van der Waals surface area (Å²) >= 11 is 3.48. The Morgan fingerprint density at radius 1 is 1.16 bits per heavy atom. The van der Waals surface area contributed by atoms with Gasteiger partial charge >= 0.3 is 0 Å². The Kier molecular flexibility index (Phi) is 3.90. The average molecular weight is 319 g/mol. The molecule has 2 aromatic carbocycles. The number of anilines is 2. The van der Waals surface area contributed by atoms with Gasteiger partial charge in [0.05, 0.1) is 5.69 Å². The van der Waals surface area contributed by atoms with Gasteiger partial charge in [-0.25, -0.2) is 0 Å². The number of nitrogens with two attached hydrogens (primary N) is 1. The van der Waals surface area contributed by atoms with Crippen LogP contribution in [0, 0.1) is 13.8 Å². The first-order chi connectivity index (χ1) is 8.97. The SMILES string of the molecule is Cc1cc(C)c(NC(=O)c2ccc(N)cc2)c(Br)c1. The van der Waals surface area contributed by atoms with Crippen LogP contribution in [0.2, 0.25) is 0 Å². The minimum absolute atomic E-state index is 0.146. The van der Waals surface area contributed by atoms with Crippen LogP contribution in [0.3, 0.4) is 0 Å². The van der Waals surface area contributed by atoms with E-state index in [2.05, 4.69) is 21.2 Å². The lowest BCUT2D eigenvalue weighted by molar-refractivity contribution is 0.102. The lowest BCUT2D eigenvalue weighted by atomic mass is 10.1. The van der Waals surface area contributed by atoms with Crippen LogP contribution in [0.1, 0.15) is 21.5 Å². The van der Waals surface area contributed by atoms with Gasteiger partial charge in [-0.15, -0.1) is 0 Å². The number of benzene rings is 2. The van der Waals surface area contributed by atoms with Crippen LogP contribution in [0.4, 0.5) is 11.4 Å². The fourth-order valence-electron chi connectivity index (χ4n) is 1.89. The normalized spacial score (nSPS) is 10.3. The molecule has 1 amide bonds. The molecule has 98 valence electrons. The molecule has 0 aliphatic heterocycles. The van der Waals surface area contributed by atoms with E-state index in [1.165, 1.54) is 0 Å². The van der Waals surface area contributed by atoms with Crippen LogP contribution < -0.4 is 11.1 Å². The molecule has 0 aromatic heterocycles. The lowest BCUT2D eigenvalue weighted by Crippen LogP contribution is -2.13. The van der Waals surface area contributed by atoms with Gasteiger partial charge in [0, 0.05) is 15.7 Å². The first kappa shape index (κ1) is 13.6. The molecule has 0 saturated carbocycles. The quantitative estimate of drug-likeness (QED) is 0.825. The molecule has 0 aliphatic rings. The van der Waals surface area contributed by atoms with Crippen molar-refractivity contribution in [2.75, 3.05) is 11.1 Å². The molecule has 0 heterocycles. The second kappa shape index (κ2) is 5.45. The fourth-order valence-corrected chi connectivity index (χ4v) is 2.67. The second-order valence-corrected chi connectivity index (χ2v) is 5.37. The van der Waals surface area contributed by atoms with Gasteiger partial charge in [0.2, 0.25) is 0 Å². The largest absolute Gasteiger partial charge is 0.399 e. The molecular weight excluding hydrogens is 304 g/mol. The van der Waals surface area contributed by atoms with Gasteiger partial charge < -0.3 is 11.1 Å². The second-order valence-electron chi connectivity index (χ2n) is 4.51. The van der Waals surface area contributed by atoms with Gasteiger partial charge in [0.1, 0.15) is 0 Å². The van der Waals surface area contributed by atoms with E-state index in [4.69, 9.17) is 5.73 Å². The molecule has 3 N–H and O–H groups in total. The van der Waals surface area contributed by atoms with Gasteiger partial charge in [-0.1, -0.05) is 6.07 Å². The first-order valence-electron chi connectivity index (χ1n) is 5.91. The van der Waals surface area contributed by atoms with E-state index in [9.17, 15) is 4.79 Å². The number of nitrogens with one attached hydrogen (secondary N) is 1. The van der Waals surface area contributed by atoms with Gasteiger partial charge in [-0.3, -0.25) is 4.79 Å². The molecule has 4 heteroatoms. The molecule has 0 aliphatic carbocycles. The predicted molar refractivity (Wildman–Crippen MR) is 82.4 cm³/mol. The van der Waals surface area contributed by atoms with Crippen LogP contribution in [-0.4, -0.2) is 5.91 Å². The standard InChI is InChI=1S/C15H15BrN2O/c1-9-7-10(2)14(13(16)8-9)18-15(19)11-3-5-12(17)6-4-11/h3-8H,17H2,1-2H3,(H,18,19). The van der Waals surface area contributed by atoms with Crippen molar-refractivity contribution in [3.05, 3.63) is 57.6 Å². The molecule has 0 atom stereocenters. The summed E-state index contributed by atoms with van der Waals surface area (Å²) in [6, 6.07) is 10.9. The summed E-state index contributed by atoms with van der Waals surface area (Å²) in [7, 11) is 0. The van der Waals surface area contributed by atoms with E-state index < -0.39 is 0 Å². The number of halogens is 1. The summed E-state index contributed by atoms with van der Waals surface area (Å²) in [6.07, 6.45) is 0. The number of carbonyl (C=O) groups excluding carboxylic acids is 1. The number of aryl methyl sites for hydroxylation is 2. The van der Waals surface area contributed by atoms with Crippen molar-refractivity contribution in [2.45, 2.75) is 13.8 Å². The molecule has 0 radical (unpaired) electrons. The summed E-state index contributed by atoms with van der Waals surface area (Å²) in [5.74, 6) is -0.146. The van der Waals surface area contributed by atoms with Crippen LogP contribution in [0.5, 0.6) is 0 Å².